The maximum Gasteiger partial charge on any atom is 0.337 e. The normalized spacial score (nSPS) is 13.1. The lowest BCUT2D eigenvalue weighted by Gasteiger charge is -2.12. The number of sulfone groups is 1. The van der Waals surface area contributed by atoms with Gasteiger partial charge in [0.2, 0.25) is 0 Å². The molecule has 1 aromatic rings. The predicted molar refractivity (Wildman–Crippen MR) is 58.7 cm³/mol. The Kier molecular flexibility index (Phi) is 3.74. The summed E-state index contributed by atoms with van der Waals surface area (Å²) in [6.07, 6.45) is -0.835. The fourth-order valence-corrected chi connectivity index (χ4v) is 1.95. The molecule has 0 fully saturated rings. The molecule has 6 nitrogen and oxygen atoms in total. The maximum absolute atomic E-state index is 11.3. The van der Waals surface area contributed by atoms with Gasteiger partial charge in [0.05, 0.1) is 12.0 Å². The van der Waals surface area contributed by atoms with E-state index in [1.165, 1.54) is 19.2 Å². The van der Waals surface area contributed by atoms with Crippen LogP contribution in [0.5, 0.6) is 5.75 Å². The lowest BCUT2D eigenvalue weighted by molar-refractivity contribution is -0.147. The van der Waals surface area contributed by atoms with Gasteiger partial charge in [0.1, 0.15) is 5.75 Å². The molecule has 1 aromatic carbocycles. The Morgan fingerprint density at radius 3 is 2.41 bits per heavy atom. The van der Waals surface area contributed by atoms with Crippen LogP contribution in [0.4, 0.5) is 0 Å². The first kappa shape index (κ1) is 13.5. The number of carboxylic acids is 1. The van der Waals surface area contributed by atoms with Gasteiger partial charge in [0.15, 0.2) is 15.9 Å². The SMILES string of the molecule is COc1ccc(S(C)(=O)=O)cc1C(O)C(=O)O. The van der Waals surface area contributed by atoms with Crippen molar-refractivity contribution in [1.82, 2.24) is 0 Å². The van der Waals surface area contributed by atoms with Gasteiger partial charge in [-0.1, -0.05) is 0 Å². The van der Waals surface area contributed by atoms with Crippen LogP contribution in [-0.2, 0) is 14.6 Å². The smallest absolute Gasteiger partial charge is 0.337 e. The summed E-state index contributed by atoms with van der Waals surface area (Å²) in [6.45, 7) is 0. The van der Waals surface area contributed by atoms with E-state index in [2.05, 4.69) is 0 Å². The number of aliphatic hydroxyl groups excluding tert-OH is 1. The molecule has 7 heteroatoms. The zero-order valence-corrected chi connectivity index (χ0v) is 10.1. The van der Waals surface area contributed by atoms with Crippen LogP contribution in [0.15, 0.2) is 23.1 Å². The van der Waals surface area contributed by atoms with Crippen molar-refractivity contribution < 1.29 is 28.2 Å². The summed E-state index contributed by atoms with van der Waals surface area (Å²) in [7, 11) is -2.17. The van der Waals surface area contributed by atoms with Crippen molar-refractivity contribution in [3.05, 3.63) is 23.8 Å². The van der Waals surface area contributed by atoms with Gasteiger partial charge in [0, 0.05) is 11.8 Å². The molecule has 2 N–H and O–H groups in total. The lowest BCUT2D eigenvalue weighted by Crippen LogP contribution is -2.12. The summed E-state index contributed by atoms with van der Waals surface area (Å²) < 4.78 is 27.5. The van der Waals surface area contributed by atoms with E-state index in [0.717, 1.165) is 12.3 Å². The molecule has 0 aliphatic rings. The van der Waals surface area contributed by atoms with Crippen molar-refractivity contribution >= 4 is 15.8 Å². The van der Waals surface area contributed by atoms with Gasteiger partial charge in [-0.2, -0.15) is 0 Å². The maximum atomic E-state index is 11.3. The van der Waals surface area contributed by atoms with Crippen molar-refractivity contribution in [3.63, 3.8) is 0 Å². The van der Waals surface area contributed by atoms with E-state index in [1.54, 1.807) is 0 Å². The third-order valence-corrected chi connectivity index (χ3v) is 3.27. The Labute approximate surface area is 98.4 Å². The minimum atomic E-state index is -3.47. The van der Waals surface area contributed by atoms with Crippen LogP contribution in [0.1, 0.15) is 11.7 Å². The number of aliphatic hydroxyl groups is 1. The third kappa shape index (κ3) is 2.95. The second-order valence-corrected chi connectivity index (χ2v) is 5.43. The van der Waals surface area contributed by atoms with E-state index >= 15 is 0 Å². The zero-order chi connectivity index (χ0) is 13.2. The van der Waals surface area contributed by atoms with Crippen molar-refractivity contribution in [1.29, 1.82) is 0 Å². The van der Waals surface area contributed by atoms with E-state index in [1.807, 2.05) is 0 Å². The van der Waals surface area contributed by atoms with Crippen LogP contribution < -0.4 is 4.74 Å². The molecule has 17 heavy (non-hydrogen) atoms. The second kappa shape index (κ2) is 4.72. The molecule has 0 amide bonds. The summed E-state index contributed by atoms with van der Waals surface area (Å²) in [5.74, 6) is -1.36. The van der Waals surface area contributed by atoms with Crippen molar-refractivity contribution in [2.24, 2.45) is 0 Å². The molecule has 1 unspecified atom stereocenters. The van der Waals surface area contributed by atoms with Crippen molar-refractivity contribution in [2.75, 3.05) is 13.4 Å². The number of carbonyl (C=O) groups is 1. The fraction of sp³-hybridized carbons (Fsp3) is 0.300. The Morgan fingerprint density at radius 1 is 1.41 bits per heavy atom. The molecule has 0 heterocycles. The highest BCUT2D eigenvalue weighted by Crippen LogP contribution is 2.28. The van der Waals surface area contributed by atoms with E-state index in [9.17, 15) is 18.3 Å². The monoisotopic (exact) mass is 260 g/mol. The predicted octanol–water partition coefficient (Wildman–Crippen LogP) is 0.217. The largest absolute Gasteiger partial charge is 0.496 e. The molecule has 0 spiro atoms. The molecule has 1 rings (SSSR count). The first-order valence-corrected chi connectivity index (χ1v) is 6.45. The van der Waals surface area contributed by atoms with Gasteiger partial charge in [-0.05, 0) is 18.2 Å². The number of carboxylic acid groups (broad SMARTS) is 1. The first-order chi connectivity index (χ1) is 7.77. The Morgan fingerprint density at radius 2 is 2.00 bits per heavy atom. The minimum absolute atomic E-state index is 0.0754. The van der Waals surface area contributed by atoms with Crippen LogP contribution >= 0.6 is 0 Å². The summed E-state index contributed by atoms with van der Waals surface area (Å²) in [5.41, 5.74) is -0.0945. The van der Waals surface area contributed by atoms with E-state index in [0.29, 0.717) is 0 Å². The highest BCUT2D eigenvalue weighted by molar-refractivity contribution is 7.90. The minimum Gasteiger partial charge on any atom is -0.496 e. The van der Waals surface area contributed by atoms with Gasteiger partial charge in [-0.25, -0.2) is 13.2 Å². The third-order valence-electron chi connectivity index (χ3n) is 2.16. The average molecular weight is 260 g/mol. The number of benzene rings is 1. The average Bonchev–Trinajstić information content (AvgIpc) is 2.25. The summed E-state index contributed by atoms with van der Waals surface area (Å²) >= 11 is 0. The van der Waals surface area contributed by atoms with Crippen LogP contribution in [0.3, 0.4) is 0 Å². The fourth-order valence-electron chi connectivity index (χ4n) is 1.29. The molecule has 1 atom stereocenters. The number of rotatable bonds is 4. The zero-order valence-electron chi connectivity index (χ0n) is 9.25. The molecule has 0 aliphatic carbocycles. The van der Waals surface area contributed by atoms with Crippen LogP contribution in [-0.4, -0.2) is 38.0 Å². The summed E-state index contributed by atoms with van der Waals surface area (Å²) in [4.78, 5) is 10.6. The molecule has 0 saturated heterocycles. The Balaban J connectivity index is 3.40. The van der Waals surface area contributed by atoms with Gasteiger partial charge < -0.3 is 14.9 Å². The van der Waals surface area contributed by atoms with Crippen LogP contribution in [0.2, 0.25) is 0 Å². The molecular formula is C10H12O6S. The van der Waals surface area contributed by atoms with E-state index in [-0.39, 0.29) is 16.2 Å². The number of methoxy groups -OCH3 is 1. The van der Waals surface area contributed by atoms with Gasteiger partial charge >= 0.3 is 5.97 Å². The number of aliphatic carboxylic acids is 1. The highest BCUT2D eigenvalue weighted by Gasteiger charge is 2.22. The summed E-state index contributed by atoms with van der Waals surface area (Å²) in [6, 6.07) is 3.68. The molecule has 0 radical (unpaired) electrons. The molecule has 0 saturated carbocycles. The van der Waals surface area contributed by atoms with Gasteiger partial charge in [0.25, 0.3) is 0 Å². The Bertz CT molecular complexity index is 534. The number of hydrogen-bond acceptors (Lipinski definition) is 5. The van der Waals surface area contributed by atoms with Crippen molar-refractivity contribution in [3.8, 4) is 5.75 Å². The van der Waals surface area contributed by atoms with Gasteiger partial charge in [-0.15, -0.1) is 0 Å². The molecule has 0 aliphatic heterocycles. The second-order valence-electron chi connectivity index (χ2n) is 3.42. The number of hydrogen-bond donors (Lipinski definition) is 2. The molecule has 94 valence electrons. The standard InChI is InChI=1S/C10H12O6S/c1-16-8-4-3-6(17(2,14)15)5-7(8)9(11)10(12)13/h3-5,9,11H,1-2H3,(H,12,13). The van der Waals surface area contributed by atoms with Crippen LogP contribution in [0.25, 0.3) is 0 Å². The molecule has 0 bridgehead atoms. The van der Waals surface area contributed by atoms with E-state index in [4.69, 9.17) is 9.84 Å². The molecular weight excluding hydrogens is 248 g/mol. The van der Waals surface area contributed by atoms with E-state index < -0.39 is 21.9 Å². The first-order valence-electron chi connectivity index (χ1n) is 4.56. The summed E-state index contributed by atoms with van der Waals surface area (Å²) in [5, 5.41) is 18.1. The quantitative estimate of drug-likeness (QED) is 0.803. The lowest BCUT2D eigenvalue weighted by atomic mass is 10.1. The van der Waals surface area contributed by atoms with Gasteiger partial charge in [-0.3, -0.25) is 0 Å². The van der Waals surface area contributed by atoms with Crippen LogP contribution in [0, 0.1) is 0 Å². The van der Waals surface area contributed by atoms with Crippen molar-refractivity contribution in [2.45, 2.75) is 11.0 Å². The Hall–Kier alpha value is -1.60. The molecule has 0 aromatic heterocycles. The number of ether oxygens (including phenoxy) is 1. The highest BCUT2D eigenvalue weighted by atomic mass is 32.2. The topological polar surface area (TPSA) is 101 Å².